The van der Waals surface area contributed by atoms with E-state index in [2.05, 4.69) is 14.7 Å². The molecule has 0 bridgehead atoms. The molecule has 3 N–H and O–H groups in total. The van der Waals surface area contributed by atoms with Crippen molar-refractivity contribution in [1.29, 1.82) is 0 Å². The Kier molecular flexibility index (Phi) is 3.52. The Labute approximate surface area is 110 Å². The highest BCUT2D eigenvalue weighted by molar-refractivity contribution is 7.92. The van der Waals surface area contributed by atoms with Crippen LogP contribution in [-0.4, -0.2) is 25.5 Å². The molecule has 1 aromatic heterocycles. The predicted octanol–water partition coefficient (Wildman–Crippen LogP) is 0.868. The van der Waals surface area contributed by atoms with Gasteiger partial charge in [-0.15, -0.1) is 0 Å². The Balaban J connectivity index is 2.42. The zero-order valence-electron chi connectivity index (χ0n) is 10.1. The van der Waals surface area contributed by atoms with Crippen molar-refractivity contribution in [2.75, 3.05) is 17.6 Å². The maximum atomic E-state index is 12.2. The van der Waals surface area contributed by atoms with Gasteiger partial charge in [0.1, 0.15) is 10.6 Å². The molecule has 8 heteroatoms. The molecule has 7 nitrogen and oxygen atoms in total. The summed E-state index contributed by atoms with van der Waals surface area (Å²) in [4.78, 5) is 7.56. The number of nitrogens with one attached hydrogen (secondary N) is 1. The first-order chi connectivity index (χ1) is 9.03. The highest BCUT2D eigenvalue weighted by Crippen LogP contribution is 2.27. The van der Waals surface area contributed by atoms with E-state index in [0.717, 1.165) is 0 Å². The SMILES string of the molecule is COc1ccc(N)cc1S(=O)(=O)Nc1cnccn1. The summed E-state index contributed by atoms with van der Waals surface area (Å²) < 4.78 is 31.8. The molecule has 0 unspecified atom stereocenters. The average Bonchev–Trinajstić information content (AvgIpc) is 2.39. The minimum Gasteiger partial charge on any atom is -0.495 e. The van der Waals surface area contributed by atoms with E-state index in [1.807, 2.05) is 0 Å². The summed E-state index contributed by atoms with van der Waals surface area (Å²) in [7, 11) is -2.45. The molecule has 0 saturated heterocycles. The molecular weight excluding hydrogens is 268 g/mol. The molecule has 0 spiro atoms. The van der Waals surface area contributed by atoms with E-state index in [1.165, 1.54) is 37.8 Å². The first kappa shape index (κ1) is 13.1. The fourth-order valence-corrected chi connectivity index (χ4v) is 2.65. The molecule has 0 aliphatic rings. The van der Waals surface area contributed by atoms with Gasteiger partial charge in [0.15, 0.2) is 5.82 Å². The van der Waals surface area contributed by atoms with Gasteiger partial charge >= 0.3 is 0 Å². The van der Waals surface area contributed by atoms with Crippen molar-refractivity contribution in [3.8, 4) is 5.75 Å². The van der Waals surface area contributed by atoms with Crippen molar-refractivity contribution in [3.05, 3.63) is 36.8 Å². The van der Waals surface area contributed by atoms with Gasteiger partial charge in [0.05, 0.1) is 13.3 Å². The van der Waals surface area contributed by atoms with Crippen LogP contribution in [0.1, 0.15) is 0 Å². The van der Waals surface area contributed by atoms with E-state index in [1.54, 1.807) is 6.07 Å². The largest absolute Gasteiger partial charge is 0.495 e. The van der Waals surface area contributed by atoms with Crippen molar-refractivity contribution in [1.82, 2.24) is 9.97 Å². The second-order valence-electron chi connectivity index (χ2n) is 3.61. The number of methoxy groups -OCH3 is 1. The molecule has 19 heavy (non-hydrogen) atoms. The molecular formula is C11H12N4O3S. The topological polar surface area (TPSA) is 107 Å². The second-order valence-corrected chi connectivity index (χ2v) is 5.26. The molecule has 0 fully saturated rings. The summed E-state index contributed by atoms with van der Waals surface area (Å²) in [6.07, 6.45) is 4.13. The van der Waals surface area contributed by atoms with Crippen molar-refractivity contribution in [3.63, 3.8) is 0 Å². The normalized spacial score (nSPS) is 11.0. The van der Waals surface area contributed by atoms with Gasteiger partial charge in [0.25, 0.3) is 10.0 Å². The smallest absolute Gasteiger partial charge is 0.266 e. The Bertz CT molecular complexity index is 674. The van der Waals surface area contributed by atoms with Gasteiger partial charge in [-0.05, 0) is 18.2 Å². The molecule has 2 aromatic rings. The van der Waals surface area contributed by atoms with Gasteiger partial charge in [0.2, 0.25) is 0 Å². The summed E-state index contributed by atoms with van der Waals surface area (Å²) in [5, 5.41) is 0. The molecule has 1 aromatic carbocycles. The number of nitrogens with two attached hydrogens (primary N) is 1. The Hall–Kier alpha value is -2.35. The summed E-state index contributed by atoms with van der Waals surface area (Å²) in [6, 6.07) is 4.36. The molecule has 0 amide bonds. The molecule has 0 aliphatic carbocycles. The number of benzene rings is 1. The van der Waals surface area contributed by atoms with E-state index in [-0.39, 0.29) is 16.5 Å². The monoisotopic (exact) mass is 280 g/mol. The highest BCUT2D eigenvalue weighted by Gasteiger charge is 2.20. The maximum Gasteiger partial charge on any atom is 0.266 e. The molecule has 2 rings (SSSR count). The molecule has 1 heterocycles. The van der Waals surface area contributed by atoms with E-state index >= 15 is 0 Å². The van der Waals surface area contributed by atoms with Crippen LogP contribution in [0.15, 0.2) is 41.7 Å². The standard InChI is InChI=1S/C11H12N4O3S/c1-18-9-3-2-8(12)6-10(9)19(16,17)15-11-7-13-4-5-14-11/h2-7H,12H2,1H3,(H,14,15). The van der Waals surface area contributed by atoms with Crippen LogP contribution in [0.4, 0.5) is 11.5 Å². The average molecular weight is 280 g/mol. The quantitative estimate of drug-likeness (QED) is 0.805. The van der Waals surface area contributed by atoms with Crippen LogP contribution < -0.4 is 15.2 Å². The third kappa shape index (κ3) is 2.91. The summed E-state index contributed by atoms with van der Waals surface area (Å²) in [6.45, 7) is 0. The highest BCUT2D eigenvalue weighted by atomic mass is 32.2. The molecule has 0 radical (unpaired) electrons. The molecule has 0 atom stereocenters. The Morgan fingerprint density at radius 3 is 2.74 bits per heavy atom. The van der Waals surface area contributed by atoms with Crippen LogP contribution in [0.5, 0.6) is 5.75 Å². The number of aromatic nitrogens is 2. The van der Waals surface area contributed by atoms with Crippen molar-refractivity contribution in [2.45, 2.75) is 4.90 Å². The summed E-state index contributed by atoms with van der Waals surface area (Å²) in [5.41, 5.74) is 5.92. The fraction of sp³-hybridized carbons (Fsp3) is 0.0909. The van der Waals surface area contributed by atoms with Gasteiger partial charge in [-0.2, -0.15) is 0 Å². The third-order valence-electron chi connectivity index (χ3n) is 2.28. The van der Waals surface area contributed by atoms with Crippen LogP contribution >= 0.6 is 0 Å². The Morgan fingerprint density at radius 2 is 2.11 bits per heavy atom. The van der Waals surface area contributed by atoms with E-state index in [0.29, 0.717) is 5.69 Å². The number of anilines is 2. The first-order valence-corrected chi connectivity index (χ1v) is 6.73. The third-order valence-corrected chi connectivity index (χ3v) is 3.66. The molecule has 0 aliphatic heterocycles. The van der Waals surface area contributed by atoms with Crippen LogP contribution in [0.2, 0.25) is 0 Å². The van der Waals surface area contributed by atoms with Gasteiger partial charge in [-0.3, -0.25) is 9.71 Å². The lowest BCUT2D eigenvalue weighted by Gasteiger charge is -2.11. The van der Waals surface area contributed by atoms with Crippen LogP contribution in [0.25, 0.3) is 0 Å². The van der Waals surface area contributed by atoms with Gasteiger partial charge in [0, 0.05) is 18.1 Å². The van der Waals surface area contributed by atoms with E-state index in [4.69, 9.17) is 10.5 Å². The molecule has 100 valence electrons. The summed E-state index contributed by atoms with van der Waals surface area (Å²) in [5.74, 6) is 0.317. The van der Waals surface area contributed by atoms with Crippen molar-refractivity contribution in [2.24, 2.45) is 0 Å². The number of rotatable bonds is 4. The number of ether oxygens (including phenoxy) is 1. The minimum absolute atomic E-state index is 0.0550. The Morgan fingerprint density at radius 1 is 1.32 bits per heavy atom. The first-order valence-electron chi connectivity index (χ1n) is 5.25. The van der Waals surface area contributed by atoms with Crippen molar-refractivity contribution >= 4 is 21.5 Å². The number of hydrogen-bond acceptors (Lipinski definition) is 6. The van der Waals surface area contributed by atoms with E-state index in [9.17, 15) is 8.42 Å². The van der Waals surface area contributed by atoms with Crippen LogP contribution in [-0.2, 0) is 10.0 Å². The zero-order valence-corrected chi connectivity index (χ0v) is 10.9. The van der Waals surface area contributed by atoms with Crippen LogP contribution in [0, 0.1) is 0 Å². The fourth-order valence-electron chi connectivity index (χ4n) is 1.45. The lowest BCUT2D eigenvalue weighted by Crippen LogP contribution is -2.15. The number of nitrogens with zero attached hydrogens (tertiary/aromatic N) is 2. The van der Waals surface area contributed by atoms with Crippen LogP contribution in [0.3, 0.4) is 0 Å². The maximum absolute atomic E-state index is 12.2. The second kappa shape index (κ2) is 5.11. The lowest BCUT2D eigenvalue weighted by molar-refractivity contribution is 0.403. The predicted molar refractivity (Wildman–Crippen MR) is 70.2 cm³/mol. The van der Waals surface area contributed by atoms with E-state index < -0.39 is 10.0 Å². The number of hydrogen-bond donors (Lipinski definition) is 2. The summed E-state index contributed by atoms with van der Waals surface area (Å²) >= 11 is 0. The lowest BCUT2D eigenvalue weighted by atomic mass is 10.3. The molecule has 0 saturated carbocycles. The minimum atomic E-state index is -3.84. The van der Waals surface area contributed by atoms with Gasteiger partial charge in [-0.1, -0.05) is 0 Å². The zero-order chi connectivity index (χ0) is 13.9. The van der Waals surface area contributed by atoms with Crippen molar-refractivity contribution < 1.29 is 13.2 Å². The van der Waals surface area contributed by atoms with Gasteiger partial charge < -0.3 is 10.5 Å². The number of sulfonamides is 1. The van der Waals surface area contributed by atoms with Gasteiger partial charge in [-0.25, -0.2) is 13.4 Å². The number of nitrogen functional groups attached to an aromatic ring is 1.